The third kappa shape index (κ3) is 5.86. The molecular weight excluding hydrogens is 276 g/mol. The number of hydrogen-bond acceptors (Lipinski definition) is 6. The van der Waals surface area contributed by atoms with E-state index in [4.69, 9.17) is 9.47 Å². The molecule has 6 heteroatoms. The molecule has 21 heavy (non-hydrogen) atoms. The zero-order valence-electron chi connectivity index (χ0n) is 12.8. The first kappa shape index (κ1) is 18.3. The summed E-state index contributed by atoms with van der Waals surface area (Å²) in [6.07, 6.45) is -1.04. The Morgan fingerprint density at radius 1 is 1.19 bits per heavy atom. The Morgan fingerprint density at radius 3 is 2.48 bits per heavy atom. The average molecular weight is 302 g/mol. The van der Waals surface area contributed by atoms with Crippen molar-refractivity contribution in [3.63, 3.8) is 0 Å². The average Bonchev–Trinajstić information content (AvgIpc) is 2.44. The van der Waals surface area contributed by atoms with E-state index >= 15 is 0 Å². The van der Waals surface area contributed by atoms with Gasteiger partial charge in [-0.2, -0.15) is 0 Å². The van der Waals surface area contributed by atoms with Crippen LogP contribution in [0, 0.1) is 0 Å². The van der Waals surface area contributed by atoms with E-state index < -0.39 is 30.7 Å². The molecule has 4 N–H and O–H groups in total. The van der Waals surface area contributed by atoms with E-state index in [9.17, 15) is 20.4 Å². The zero-order valence-corrected chi connectivity index (χ0v) is 12.8. The van der Waals surface area contributed by atoms with E-state index in [1.165, 1.54) is 0 Å². The van der Waals surface area contributed by atoms with Crippen molar-refractivity contribution >= 4 is 0 Å². The van der Waals surface area contributed by atoms with Crippen molar-refractivity contribution in [1.29, 1.82) is 0 Å². The summed E-state index contributed by atoms with van der Waals surface area (Å²) in [4.78, 5) is 0. The molecule has 1 saturated heterocycles. The van der Waals surface area contributed by atoms with E-state index in [-0.39, 0.29) is 13.2 Å². The molecular formula is C15H26O6. The van der Waals surface area contributed by atoms with Crippen LogP contribution in [0.5, 0.6) is 0 Å². The maximum absolute atomic E-state index is 9.91. The summed E-state index contributed by atoms with van der Waals surface area (Å²) in [5.41, 5.74) is 1.91. The van der Waals surface area contributed by atoms with Gasteiger partial charge in [-0.1, -0.05) is 17.7 Å². The smallest absolute Gasteiger partial charge is 0.186 e. The van der Waals surface area contributed by atoms with Crippen molar-refractivity contribution in [3.8, 4) is 0 Å². The van der Waals surface area contributed by atoms with Gasteiger partial charge in [0.05, 0.1) is 19.3 Å². The first-order chi connectivity index (χ1) is 9.82. The van der Waals surface area contributed by atoms with Crippen LogP contribution in [0.1, 0.15) is 27.2 Å². The maximum Gasteiger partial charge on any atom is 0.186 e. The van der Waals surface area contributed by atoms with E-state index in [0.29, 0.717) is 6.42 Å². The van der Waals surface area contributed by atoms with Crippen LogP contribution in [0.25, 0.3) is 0 Å². The lowest BCUT2D eigenvalue weighted by atomic mass is 10.1. The molecule has 0 aromatic rings. The first-order valence-electron chi connectivity index (χ1n) is 7.08. The number of aliphatic hydroxyl groups excluding tert-OH is 4. The summed E-state index contributed by atoms with van der Waals surface area (Å²) in [5, 5.41) is 38.4. The van der Waals surface area contributed by atoms with Gasteiger partial charge in [0.15, 0.2) is 6.29 Å². The lowest BCUT2D eigenvalue weighted by Crippen LogP contribution is -2.53. The van der Waals surface area contributed by atoms with Gasteiger partial charge in [0, 0.05) is 0 Å². The molecule has 0 amide bonds. The monoisotopic (exact) mass is 302 g/mol. The second kappa shape index (κ2) is 8.63. The van der Waals surface area contributed by atoms with Gasteiger partial charge >= 0.3 is 0 Å². The minimum Gasteiger partial charge on any atom is -0.388 e. The maximum atomic E-state index is 9.91. The van der Waals surface area contributed by atoms with Gasteiger partial charge in [-0.05, 0) is 32.8 Å². The highest BCUT2D eigenvalue weighted by atomic mass is 16.7. The molecule has 0 aromatic carbocycles. The minimum atomic E-state index is -1.29. The SMILES string of the molecule is CC(C)=CCC(O)C(C)=CCOC1OCC(O)C(O)C1O. The lowest BCUT2D eigenvalue weighted by Gasteiger charge is -2.34. The second-order valence-electron chi connectivity index (χ2n) is 5.56. The van der Waals surface area contributed by atoms with E-state index in [2.05, 4.69) is 0 Å². The van der Waals surface area contributed by atoms with Gasteiger partial charge in [0.1, 0.15) is 18.3 Å². The largest absolute Gasteiger partial charge is 0.388 e. The van der Waals surface area contributed by atoms with Crippen molar-refractivity contribution in [3.05, 3.63) is 23.3 Å². The molecule has 6 nitrogen and oxygen atoms in total. The Bertz CT molecular complexity index is 374. The molecule has 1 aliphatic heterocycles. The second-order valence-corrected chi connectivity index (χ2v) is 5.56. The Hall–Kier alpha value is -0.760. The normalized spacial score (nSPS) is 31.9. The fourth-order valence-corrected chi connectivity index (χ4v) is 1.87. The highest BCUT2D eigenvalue weighted by Gasteiger charge is 2.37. The molecule has 5 unspecified atom stereocenters. The summed E-state index contributed by atoms with van der Waals surface area (Å²) in [6, 6.07) is 0. The minimum absolute atomic E-state index is 0.0885. The molecule has 122 valence electrons. The van der Waals surface area contributed by atoms with Crippen LogP contribution in [0.15, 0.2) is 23.3 Å². The highest BCUT2D eigenvalue weighted by molar-refractivity contribution is 5.08. The number of allylic oxidation sites excluding steroid dienone is 1. The van der Waals surface area contributed by atoms with Crippen LogP contribution < -0.4 is 0 Å². The molecule has 0 aromatic heterocycles. The van der Waals surface area contributed by atoms with Crippen LogP contribution in [0.4, 0.5) is 0 Å². The van der Waals surface area contributed by atoms with Gasteiger partial charge < -0.3 is 29.9 Å². The van der Waals surface area contributed by atoms with Crippen LogP contribution in [0.3, 0.4) is 0 Å². The van der Waals surface area contributed by atoms with E-state index in [1.807, 2.05) is 19.9 Å². The number of rotatable bonds is 6. The summed E-state index contributed by atoms with van der Waals surface area (Å²) in [7, 11) is 0. The quantitative estimate of drug-likeness (QED) is 0.520. The Kier molecular flexibility index (Phi) is 7.51. The van der Waals surface area contributed by atoms with Gasteiger partial charge in [-0.15, -0.1) is 0 Å². The summed E-state index contributed by atoms with van der Waals surface area (Å²) < 4.78 is 10.4. The predicted octanol–water partition coefficient (Wildman–Crippen LogP) is 0.105. The Labute approximate surface area is 125 Å². The molecule has 1 fully saturated rings. The lowest BCUT2D eigenvalue weighted by molar-refractivity contribution is -0.266. The summed E-state index contributed by atoms with van der Waals surface area (Å²) in [6.45, 7) is 5.79. The zero-order chi connectivity index (χ0) is 16.0. The van der Waals surface area contributed by atoms with Crippen LogP contribution in [-0.4, -0.2) is 64.3 Å². The Morgan fingerprint density at radius 2 is 1.86 bits per heavy atom. The van der Waals surface area contributed by atoms with Crippen molar-refractivity contribution in [2.45, 2.75) is 57.9 Å². The summed E-state index contributed by atoms with van der Waals surface area (Å²) in [5.74, 6) is 0. The van der Waals surface area contributed by atoms with Gasteiger partial charge in [-0.25, -0.2) is 0 Å². The van der Waals surface area contributed by atoms with E-state index in [1.54, 1.807) is 13.0 Å². The van der Waals surface area contributed by atoms with Crippen molar-refractivity contribution in [2.24, 2.45) is 0 Å². The summed E-state index contributed by atoms with van der Waals surface area (Å²) >= 11 is 0. The number of hydrogen-bond donors (Lipinski definition) is 4. The van der Waals surface area contributed by atoms with E-state index in [0.717, 1.165) is 11.1 Å². The number of ether oxygens (including phenoxy) is 2. The van der Waals surface area contributed by atoms with Crippen LogP contribution >= 0.6 is 0 Å². The molecule has 1 rings (SSSR count). The van der Waals surface area contributed by atoms with Crippen LogP contribution in [-0.2, 0) is 9.47 Å². The Balaban J connectivity index is 2.41. The highest BCUT2D eigenvalue weighted by Crippen LogP contribution is 2.17. The molecule has 0 saturated carbocycles. The van der Waals surface area contributed by atoms with Gasteiger partial charge in [0.2, 0.25) is 0 Å². The molecule has 0 radical (unpaired) electrons. The standard InChI is InChI=1S/C15H26O6/c1-9(2)4-5-11(16)10(3)6-7-20-15-14(19)13(18)12(17)8-21-15/h4,6,11-19H,5,7-8H2,1-3H3. The van der Waals surface area contributed by atoms with Crippen molar-refractivity contribution < 1.29 is 29.9 Å². The molecule has 1 aliphatic rings. The number of aliphatic hydroxyl groups is 4. The van der Waals surface area contributed by atoms with Gasteiger partial charge in [0.25, 0.3) is 0 Å². The molecule has 0 bridgehead atoms. The predicted molar refractivity (Wildman–Crippen MR) is 77.5 cm³/mol. The molecule has 0 spiro atoms. The third-order valence-corrected chi connectivity index (χ3v) is 3.40. The van der Waals surface area contributed by atoms with Crippen molar-refractivity contribution in [2.75, 3.05) is 13.2 Å². The fraction of sp³-hybridized carbons (Fsp3) is 0.733. The van der Waals surface area contributed by atoms with Crippen molar-refractivity contribution in [1.82, 2.24) is 0 Å². The first-order valence-corrected chi connectivity index (χ1v) is 7.08. The molecule has 0 aliphatic carbocycles. The fourth-order valence-electron chi connectivity index (χ4n) is 1.87. The molecule has 5 atom stereocenters. The topological polar surface area (TPSA) is 99.4 Å². The molecule has 1 heterocycles. The van der Waals surface area contributed by atoms with Crippen LogP contribution in [0.2, 0.25) is 0 Å². The van der Waals surface area contributed by atoms with Gasteiger partial charge in [-0.3, -0.25) is 0 Å². The third-order valence-electron chi connectivity index (χ3n) is 3.40.